The predicted octanol–water partition coefficient (Wildman–Crippen LogP) is 0.313. The van der Waals surface area contributed by atoms with Crippen molar-refractivity contribution in [2.45, 2.75) is 32.0 Å². The third-order valence-corrected chi connectivity index (χ3v) is 2.74. The average molecular weight is 267 g/mol. The quantitative estimate of drug-likeness (QED) is 0.726. The van der Waals surface area contributed by atoms with Crippen molar-refractivity contribution in [3.8, 4) is 0 Å². The average Bonchev–Trinajstić information content (AvgIpc) is 2.75. The molecule has 0 radical (unpaired) electrons. The Hall–Kier alpha value is -0.360. The molecule has 3 atom stereocenters. The highest BCUT2D eigenvalue weighted by Gasteiger charge is 2.29. The minimum atomic E-state index is -0.316. The Balaban J connectivity index is 0.00000256. The van der Waals surface area contributed by atoms with E-state index in [0.29, 0.717) is 25.6 Å². The summed E-state index contributed by atoms with van der Waals surface area (Å²) >= 11 is 0. The molecule has 1 aliphatic rings. The van der Waals surface area contributed by atoms with Crippen LogP contribution in [0.3, 0.4) is 0 Å². The number of nitrogens with two attached hydrogens (primary N) is 1. The molecule has 0 saturated carbocycles. The van der Waals surface area contributed by atoms with Crippen LogP contribution in [-0.4, -0.2) is 44.9 Å². The first kappa shape index (κ1) is 16.6. The summed E-state index contributed by atoms with van der Waals surface area (Å²) in [4.78, 5) is 11.7. The van der Waals surface area contributed by atoms with Crippen molar-refractivity contribution in [2.75, 3.05) is 26.8 Å². The molecule has 0 aromatic carbocycles. The lowest BCUT2D eigenvalue weighted by Gasteiger charge is -2.15. The van der Waals surface area contributed by atoms with Crippen LogP contribution in [0.2, 0.25) is 0 Å². The molecule has 1 heterocycles. The van der Waals surface area contributed by atoms with Crippen LogP contribution < -0.4 is 11.1 Å². The van der Waals surface area contributed by atoms with Crippen molar-refractivity contribution in [3.63, 3.8) is 0 Å². The number of nitrogens with one attached hydrogen (secondary N) is 1. The van der Waals surface area contributed by atoms with E-state index >= 15 is 0 Å². The van der Waals surface area contributed by atoms with Gasteiger partial charge < -0.3 is 20.5 Å². The molecule has 1 saturated heterocycles. The molecule has 6 heteroatoms. The Morgan fingerprint density at radius 2 is 2.29 bits per heavy atom. The summed E-state index contributed by atoms with van der Waals surface area (Å²) in [6.45, 7) is 3.79. The number of hydrogen-bond acceptors (Lipinski definition) is 4. The number of carbonyl (C=O) groups is 1. The fourth-order valence-electron chi connectivity index (χ4n) is 1.80. The fraction of sp³-hybridized carbons (Fsp3) is 0.909. The molecule has 0 aliphatic carbocycles. The SMILES string of the molecule is COCC(C)CNC(=O)[C@@H]1CC[C@H](CN)O1.Cl. The monoisotopic (exact) mass is 266 g/mol. The van der Waals surface area contributed by atoms with Gasteiger partial charge in [-0.1, -0.05) is 6.92 Å². The first-order chi connectivity index (χ1) is 7.67. The zero-order chi connectivity index (χ0) is 12.0. The largest absolute Gasteiger partial charge is 0.384 e. The van der Waals surface area contributed by atoms with Gasteiger partial charge in [0.1, 0.15) is 6.10 Å². The maximum absolute atomic E-state index is 11.7. The highest BCUT2D eigenvalue weighted by molar-refractivity contribution is 5.85. The number of carbonyl (C=O) groups excluding carboxylic acids is 1. The van der Waals surface area contributed by atoms with E-state index in [-0.39, 0.29) is 30.5 Å². The molecular formula is C11H23ClN2O3. The van der Waals surface area contributed by atoms with Crippen molar-refractivity contribution in [3.05, 3.63) is 0 Å². The Morgan fingerprint density at radius 3 is 2.82 bits per heavy atom. The molecule has 1 aliphatic heterocycles. The zero-order valence-electron chi connectivity index (χ0n) is 10.5. The number of rotatable bonds is 6. The molecule has 0 bridgehead atoms. The summed E-state index contributed by atoms with van der Waals surface area (Å²) in [7, 11) is 1.66. The Morgan fingerprint density at radius 1 is 1.59 bits per heavy atom. The van der Waals surface area contributed by atoms with Crippen molar-refractivity contribution < 1.29 is 14.3 Å². The van der Waals surface area contributed by atoms with Gasteiger partial charge in [0, 0.05) is 20.2 Å². The van der Waals surface area contributed by atoms with Gasteiger partial charge in [0.2, 0.25) is 5.91 Å². The molecule has 1 rings (SSSR count). The van der Waals surface area contributed by atoms with E-state index < -0.39 is 0 Å². The highest BCUT2D eigenvalue weighted by Crippen LogP contribution is 2.18. The fourth-order valence-corrected chi connectivity index (χ4v) is 1.80. The van der Waals surface area contributed by atoms with Gasteiger partial charge in [-0.05, 0) is 18.8 Å². The minimum Gasteiger partial charge on any atom is -0.384 e. The lowest BCUT2D eigenvalue weighted by atomic mass is 10.1. The summed E-state index contributed by atoms with van der Waals surface area (Å²) in [6.07, 6.45) is 1.38. The van der Waals surface area contributed by atoms with Gasteiger partial charge in [-0.2, -0.15) is 0 Å². The molecule has 0 aromatic heterocycles. The summed E-state index contributed by atoms with van der Waals surface area (Å²) < 4.78 is 10.5. The highest BCUT2D eigenvalue weighted by atomic mass is 35.5. The summed E-state index contributed by atoms with van der Waals surface area (Å²) in [5.74, 6) is 0.291. The van der Waals surface area contributed by atoms with E-state index in [1.807, 2.05) is 6.92 Å². The number of hydrogen-bond donors (Lipinski definition) is 2. The summed E-state index contributed by atoms with van der Waals surface area (Å²) in [5.41, 5.74) is 5.48. The van der Waals surface area contributed by atoms with Gasteiger partial charge in [-0.3, -0.25) is 4.79 Å². The van der Waals surface area contributed by atoms with Crippen LogP contribution in [0.15, 0.2) is 0 Å². The molecule has 1 amide bonds. The Bertz CT molecular complexity index is 229. The number of ether oxygens (including phenoxy) is 2. The van der Waals surface area contributed by atoms with Crippen LogP contribution in [0.5, 0.6) is 0 Å². The number of methoxy groups -OCH3 is 1. The van der Waals surface area contributed by atoms with Gasteiger partial charge in [0.25, 0.3) is 0 Å². The minimum absolute atomic E-state index is 0. The Kier molecular flexibility index (Phi) is 8.51. The third kappa shape index (κ3) is 5.68. The van der Waals surface area contributed by atoms with E-state index in [1.165, 1.54) is 0 Å². The molecule has 1 unspecified atom stereocenters. The number of amides is 1. The van der Waals surface area contributed by atoms with Gasteiger partial charge in [-0.25, -0.2) is 0 Å². The van der Waals surface area contributed by atoms with E-state index in [2.05, 4.69) is 5.32 Å². The van der Waals surface area contributed by atoms with Gasteiger partial charge >= 0.3 is 0 Å². The van der Waals surface area contributed by atoms with Gasteiger partial charge in [0.15, 0.2) is 0 Å². The second-order valence-electron chi connectivity index (χ2n) is 4.37. The summed E-state index contributed by atoms with van der Waals surface area (Å²) in [5, 5.41) is 2.87. The third-order valence-electron chi connectivity index (χ3n) is 2.74. The van der Waals surface area contributed by atoms with Crippen LogP contribution in [0.1, 0.15) is 19.8 Å². The van der Waals surface area contributed by atoms with Crippen LogP contribution in [0, 0.1) is 5.92 Å². The first-order valence-electron chi connectivity index (χ1n) is 5.79. The topological polar surface area (TPSA) is 73.6 Å². The molecule has 3 N–H and O–H groups in total. The maximum Gasteiger partial charge on any atom is 0.249 e. The molecular weight excluding hydrogens is 244 g/mol. The van der Waals surface area contributed by atoms with Crippen LogP contribution in [0.25, 0.3) is 0 Å². The molecule has 17 heavy (non-hydrogen) atoms. The lowest BCUT2D eigenvalue weighted by molar-refractivity contribution is -0.132. The van der Waals surface area contributed by atoms with Crippen LogP contribution in [-0.2, 0) is 14.3 Å². The predicted molar refractivity (Wildman–Crippen MR) is 68.2 cm³/mol. The summed E-state index contributed by atoms with van der Waals surface area (Å²) in [6, 6.07) is 0. The van der Waals surface area contributed by atoms with Crippen molar-refractivity contribution >= 4 is 18.3 Å². The Labute approximate surface area is 109 Å². The van der Waals surface area contributed by atoms with Crippen molar-refractivity contribution in [1.82, 2.24) is 5.32 Å². The normalized spacial score (nSPS) is 25.1. The van der Waals surface area contributed by atoms with E-state index in [9.17, 15) is 4.79 Å². The molecule has 1 fully saturated rings. The van der Waals surface area contributed by atoms with Gasteiger partial charge in [-0.15, -0.1) is 12.4 Å². The molecule has 0 spiro atoms. The molecule has 102 valence electrons. The van der Waals surface area contributed by atoms with E-state index in [4.69, 9.17) is 15.2 Å². The molecule has 5 nitrogen and oxygen atoms in total. The van der Waals surface area contributed by atoms with Crippen LogP contribution in [0.4, 0.5) is 0 Å². The smallest absolute Gasteiger partial charge is 0.249 e. The standard InChI is InChI=1S/C11H22N2O3.ClH/c1-8(7-15-2)6-13-11(14)10-4-3-9(5-12)16-10;/h8-10H,3-7,12H2,1-2H3,(H,13,14);1H/t8?,9-,10+;/m1./s1. The zero-order valence-corrected chi connectivity index (χ0v) is 11.3. The molecule has 0 aromatic rings. The second kappa shape index (κ2) is 8.69. The van der Waals surface area contributed by atoms with Crippen molar-refractivity contribution in [1.29, 1.82) is 0 Å². The van der Waals surface area contributed by atoms with E-state index in [1.54, 1.807) is 7.11 Å². The number of halogens is 1. The maximum atomic E-state index is 11.7. The second-order valence-corrected chi connectivity index (χ2v) is 4.37. The lowest BCUT2D eigenvalue weighted by Crippen LogP contribution is -2.38. The van der Waals surface area contributed by atoms with Gasteiger partial charge in [0.05, 0.1) is 12.7 Å². The first-order valence-corrected chi connectivity index (χ1v) is 5.79. The van der Waals surface area contributed by atoms with E-state index in [0.717, 1.165) is 12.8 Å². The van der Waals surface area contributed by atoms with Crippen LogP contribution >= 0.6 is 12.4 Å². The van der Waals surface area contributed by atoms with Crippen molar-refractivity contribution in [2.24, 2.45) is 11.7 Å².